The van der Waals surface area contributed by atoms with Gasteiger partial charge in [0.25, 0.3) is 0 Å². The summed E-state index contributed by atoms with van der Waals surface area (Å²) < 4.78 is 0. The lowest BCUT2D eigenvalue weighted by Gasteiger charge is -2.21. The number of aromatic nitrogens is 4. The second kappa shape index (κ2) is 42.4. The van der Waals surface area contributed by atoms with Crippen LogP contribution in [0.3, 0.4) is 0 Å². The first-order valence-electron chi connectivity index (χ1n) is 42.8. The Hall–Kier alpha value is -10.3. The van der Waals surface area contributed by atoms with Crippen molar-refractivity contribution in [2.24, 2.45) is 0 Å². The minimum Gasteiger partial charge on any atom is -0.384 e. The number of nitrogens with one attached hydrogen (secondary N) is 5. The average molecular weight is 1530 g/mol. The molecule has 4 aliphatic heterocycles. The fourth-order valence-corrected chi connectivity index (χ4v) is 16.0. The Morgan fingerprint density at radius 2 is 0.809 bits per heavy atom. The molecule has 600 valence electrons. The summed E-state index contributed by atoms with van der Waals surface area (Å²) in [6.45, 7) is 49.0. The molecule has 5 N–H and O–H groups in total. The van der Waals surface area contributed by atoms with Gasteiger partial charge in [-0.15, -0.1) is 0 Å². The van der Waals surface area contributed by atoms with Crippen LogP contribution in [0.2, 0.25) is 0 Å². The molecule has 0 fully saturated rings. The van der Waals surface area contributed by atoms with Crippen molar-refractivity contribution in [2.75, 3.05) is 36.8 Å². The Kier molecular flexibility index (Phi) is 32.1. The molecule has 8 heterocycles. The highest BCUT2D eigenvalue weighted by Gasteiger charge is 2.20. The van der Waals surface area contributed by atoms with E-state index in [4.69, 9.17) is 0 Å². The SMILES string of the molecule is CC(C)(C)c1ccc2c(c1)CCN2.CC(C)c1cccc2c1CCNC2.CC(C)c1cccc2c1CNCC2.CC(C)c1cccc2c1NCC2.CC(C)c1cccc2cc[nH]c12.CC(C)c1cccc2ccccc12.CC(C)c1ccnc2ccccc12.CC(C)c1cncc2ccccc12.CC(C)c1nccc2ccccc12. The third-order valence-electron chi connectivity index (χ3n) is 22.3. The summed E-state index contributed by atoms with van der Waals surface area (Å²) in [5, 5.41) is 24.1. The van der Waals surface area contributed by atoms with Gasteiger partial charge in [-0.3, -0.25) is 15.0 Å². The normalized spacial score (nSPS) is 13.0. The number of para-hydroxylation sites is 3. The van der Waals surface area contributed by atoms with Crippen LogP contribution in [0.25, 0.3) is 54.1 Å². The zero-order valence-electron chi connectivity index (χ0n) is 72.8. The van der Waals surface area contributed by atoms with Gasteiger partial charge in [-0.05, 0) is 227 Å². The summed E-state index contributed by atoms with van der Waals surface area (Å²) in [5.74, 6) is 4.73. The number of aromatic amines is 1. The lowest BCUT2D eigenvalue weighted by molar-refractivity contribution is 0.590. The molecule has 115 heavy (non-hydrogen) atoms. The lowest BCUT2D eigenvalue weighted by Crippen LogP contribution is -2.24. The van der Waals surface area contributed by atoms with Crippen LogP contribution in [-0.2, 0) is 44.2 Å². The Labute approximate surface area is 690 Å². The summed E-state index contributed by atoms with van der Waals surface area (Å²) in [6.07, 6.45) is 14.4. The summed E-state index contributed by atoms with van der Waals surface area (Å²) in [7, 11) is 0. The van der Waals surface area contributed by atoms with Crippen LogP contribution in [0, 0.1) is 0 Å². The number of pyridine rings is 3. The molecule has 0 spiro atoms. The molecular weight excluding hydrogens is 1400 g/mol. The Morgan fingerprint density at radius 3 is 1.47 bits per heavy atom. The predicted octanol–water partition coefficient (Wildman–Crippen LogP) is 28.0. The number of nitrogens with zero attached hydrogens (tertiary/aromatic N) is 3. The van der Waals surface area contributed by atoms with E-state index in [-0.39, 0.29) is 5.41 Å². The van der Waals surface area contributed by atoms with Gasteiger partial charge in [0.2, 0.25) is 0 Å². The third kappa shape index (κ3) is 23.7. The molecule has 0 atom stereocenters. The zero-order chi connectivity index (χ0) is 82.1. The smallest absolute Gasteiger partial charge is 0.0704 e. The molecule has 0 saturated carbocycles. The highest BCUT2D eigenvalue weighted by atomic mass is 14.9. The number of rotatable bonds is 8. The van der Waals surface area contributed by atoms with E-state index >= 15 is 0 Å². The van der Waals surface area contributed by atoms with Gasteiger partial charge < -0.3 is 26.3 Å². The van der Waals surface area contributed by atoms with Crippen molar-refractivity contribution >= 4 is 65.5 Å². The predicted molar refractivity (Wildman–Crippen MR) is 500 cm³/mol. The fourth-order valence-electron chi connectivity index (χ4n) is 16.0. The summed E-state index contributed by atoms with van der Waals surface area (Å²) in [6, 6.07) is 79.7. The van der Waals surface area contributed by atoms with Crippen molar-refractivity contribution < 1.29 is 0 Å². The van der Waals surface area contributed by atoms with Gasteiger partial charge in [-0.2, -0.15) is 0 Å². The van der Waals surface area contributed by atoms with Crippen molar-refractivity contribution in [1.29, 1.82) is 0 Å². The quantitative estimate of drug-likeness (QED) is 0.103. The van der Waals surface area contributed by atoms with E-state index in [0.29, 0.717) is 47.3 Å². The van der Waals surface area contributed by atoms with Crippen molar-refractivity contribution in [2.45, 2.75) is 223 Å². The first-order valence-corrected chi connectivity index (χ1v) is 42.8. The molecule has 0 radical (unpaired) electrons. The topological polar surface area (TPSA) is 103 Å². The first kappa shape index (κ1) is 87.1. The number of anilines is 2. The van der Waals surface area contributed by atoms with Crippen LogP contribution in [-0.4, -0.2) is 46.1 Å². The van der Waals surface area contributed by atoms with E-state index in [0.717, 1.165) is 44.8 Å². The van der Waals surface area contributed by atoms with Gasteiger partial charge in [0, 0.05) is 90.2 Å². The zero-order valence-corrected chi connectivity index (χ0v) is 72.8. The highest BCUT2D eigenvalue weighted by molar-refractivity contribution is 5.88. The molecule has 0 unspecified atom stereocenters. The maximum atomic E-state index is 4.41. The second-order valence-electron chi connectivity index (χ2n) is 34.6. The summed E-state index contributed by atoms with van der Waals surface area (Å²) >= 11 is 0. The van der Waals surface area contributed by atoms with Crippen LogP contribution in [0.1, 0.15) is 262 Å². The standard InChI is InChI=1S/C13H14.3C12H17N.3C12H13N.C11H15N.C11H13N/c1-10(2)12-9-5-7-11-6-3-4-8-13(11)12;1-12(2,3)10-4-5-11-9(8-10)6-7-13-11;1-9(2)11-5-3-4-10-8-13-7-6-12(10)11;1-9(2)11-5-3-4-10-6-7-13-8-12(10)11;1-9(2)12-8-13-7-10-5-3-4-6-11(10)12;1-9(2)10-7-8-13-12-6-4-3-5-11(10)12;1-9(2)12-11-6-4-3-5-10(11)7-8-13-12;2*1-8(2)10-5-3-4-9-6-7-12-11(9)10/h3-10H,1-2H3;4-5,8,13H,6-7H2,1-3H3;2*3-5,9,13H,6-8H2,1-2H3;3*3-9H,1-2H3;3-5,8,12H,6-7H2,1-2H3;3-8,12H,1-2H3. The van der Waals surface area contributed by atoms with E-state index in [1.54, 1.807) is 22.3 Å². The Bertz CT molecular complexity index is 4960. The number of fused-ring (bicyclic) bond motifs is 9. The fraction of sp³-hybridized carbons (Fsp3) is 0.355. The molecule has 0 bridgehead atoms. The van der Waals surface area contributed by atoms with E-state index in [2.05, 4.69) is 385 Å². The van der Waals surface area contributed by atoms with Gasteiger partial charge in [0.1, 0.15) is 0 Å². The molecule has 8 heteroatoms. The third-order valence-corrected chi connectivity index (χ3v) is 22.3. The van der Waals surface area contributed by atoms with E-state index in [9.17, 15) is 0 Å². The van der Waals surface area contributed by atoms with Crippen molar-refractivity contribution in [3.05, 3.63) is 339 Å². The van der Waals surface area contributed by atoms with Crippen molar-refractivity contribution in [1.82, 2.24) is 30.6 Å². The second-order valence-corrected chi connectivity index (χ2v) is 34.6. The van der Waals surface area contributed by atoms with Gasteiger partial charge in [-0.25, -0.2) is 0 Å². The van der Waals surface area contributed by atoms with Gasteiger partial charge in [-0.1, -0.05) is 326 Å². The Balaban J connectivity index is 0.000000137. The van der Waals surface area contributed by atoms with E-state index in [1.807, 2.05) is 43.1 Å². The van der Waals surface area contributed by atoms with Crippen molar-refractivity contribution in [3.63, 3.8) is 0 Å². The van der Waals surface area contributed by atoms with Gasteiger partial charge in [0.05, 0.1) is 11.2 Å². The number of H-pyrrole nitrogens is 1. The molecule has 4 aromatic heterocycles. The largest absolute Gasteiger partial charge is 0.384 e. The molecule has 8 nitrogen and oxygen atoms in total. The summed E-state index contributed by atoms with van der Waals surface area (Å²) in [5.41, 5.74) is 27.2. The minimum absolute atomic E-state index is 0.275. The molecule has 0 saturated heterocycles. The number of hydrogen-bond donors (Lipinski definition) is 5. The van der Waals surface area contributed by atoms with E-state index in [1.165, 1.54) is 147 Å². The van der Waals surface area contributed by atoms with Crippen LogP contribution >= 0.6 is 0 Å². The number of hydrogen-bond acceptors (Lipinski definition) is 7. The maximum Gasteiger partial charge on any atom is 0.0704 e. The lowest BCUT2D eigenvalue weighted by atomic mass is 9.86. The first-order chi connectivity index (χ1) is 55.4. The number of benzene rings is 10. The average Bonchev–Trinajstić information content (AvgIpc) is 1.13. The molecule has 0 amide bonds. The van der Waals surface area contributed by atoms with Crippen LogP contribution < -0.4 is 21.3 Å². The Morgan fingerprint density at radius 1 is 0.322 bits per heavy atom. The van der Waals surface area contributed by atoms with Crippen LogP contribution in [0.4, 0.5) is 11.4 Å². The maximum absolute atomic E-state index is 4.41. The molecular formula is C107H132N8. The molecule has 18 rings (SSSR count). The highest BCUT2D eigenvalue weighted by Crippen LogP contribution is 2.35. The molecule has 14 aromatic rings. The van der Waals surface area contributed by atoms with Gasteiger partial charge in [0.15, 0.2) is 0 Å². The van der Waals surface area contributed by atoms with Crippen LogP contribution in [0.15, 0.2) is 255 Å². The minimum atomic E-state index is 0.275. The monoisotopic (exact) mass is 1530 g/mol. The van der Waals surface area contributed by atoms with Crippen molar-refractivity contribution in [3.8, 4) is 0 Å². The molecule has 4 aliphatic rings. The summed E-state index contributed by atoms with van der Waals surface area (Å²) in [4.78, 5) is 16.2. The van der Waals surface area contributed by atoms with E-state index < -0.39 is 0 Å². The van der Waals surface area contributed by atoms with Crippen LogP contribution in [0.5, 0.6) is 0 Å². The molecule has 0 aliphatic carbocycles. The van der Waals surface area contributed by atoms with Gasteiger partial charge >= 0.3 is 0 Å². The molecule has 10 aromatic carbocycles.